The summed E-state index contributed by atoms with van der Waals surface area (Å²) >= 11 is 11.9. The van der Waals surface area contributed by atoms with Crippen molar-refractivity contribution >= 4 is 80.3 Å². The number of aliphatic carboxylic acids is 2. The topological polar surface area (TPSA) is 189 Å². The van der Waals surface area contributed by atoms with E-state index in [0.29, 0.717) is 32.3 Å². The van der Waals surface area contributed by atoms with E-state index < -0.39 is 30.4 Å². The van der Waals surface area contributed by atoms with E-state index >= 15 is 0 Å². The fourth-order valence-corrected chi connectivity index (χ4v) is 5.42. The summed E-state index contributed by atoms with van der Waals surface area (Å²) in [7, 11) is 0. The summed E-state index contributed by atoms with van der Waals surface area (Å²) < 4.78 is 72.3. The zero-order valence-corrected chi connectivity index (χ0v) is 46.5. The molecule has 1 amide bonds. The monoisotopic (exact) mass is 1160 g/mol. The number of carbonyl (C=O) groups is 3. The predicted octanol–water partition coefficient (Wildman–Crippen LogP) is 15.2. The standard InChI is InChI=1S/2C8H14F3NO.C6H11BrO2.C6H13Br.C6H14ClN.C6H13NO2.C6H15N.ClH/c1-2-3-4-5-6-12-7-13-8(9,10)11;1-2-3-4-5-6-12-7(13)8(9,10)11;7-5-3-1-2-4-6(8)9;1-2-3-4-5-6-7;1-2-3-4-5-6-8-7;7-5-3-1-2-4-6(8)9;1-2-3-4-5-6-7;/h7H,2-6H2,1H3;2-6H2,1H3,(H,12,13);1-5H2,(H,8,9);2-6H2,1H3;8H,2-6H2,1H3;1-5,7H2,(H,8,9);2-7H2,1H3;1H. The van der Waals surface area contributed by atoms with E-state index in [-0.39, 0.29) is 25.4 Å². The van der Waals surface area contributed by atoms with Crippen LogP contribution in [0, 0.1) is 0 Å². The minimum absolute atomic E-state index is 0. The Morgan fingerprint density at radius 3 is 1.24 bits per heavy atom. The number of unbranched alkanes of at least 4 members (excludes halogenated alkanes) is 19. The van der Waals surface area contributed by atoms with Gasteiger partial charge in [-0.25, -0.2) is 4.84 Å². The number of hydrogen-bond acceptors (Lipinski definition) is 8. The molecule has 8 N–H and O–H groups in total. The van der Waals surface area contributed by atoms with Crippen LogP contribution in [-0.4, -0.2) is 90.4 Å². The molecule has 0 spiro atoms. The number of ether oxygens (including phenoxy) is 1. The van der Waals surface area contributed by atoms with Crippen molar-refractivity contribution in [1.82, 2.24) is 10.2 Å². The molecule has 0 aromatic carbocycles. The summed E-state index contributed by atoms with van der Waals surface area (Å²) in [5.74, 6) is -3.25. The van der Waals surface area contributed by atoms with Crippen LogP contribution in [0.4, 0.5) is 26.3 Å². The summed E-state index contributed by atoms with van der Waals surface area (Å²) in [6.45, 7) is 13.7. The molecule has 0 bridgehead atoms. The van der Waals surface area contributed by atoms with Crippen molar-refractivity contribution in [2.75, 3.05) is 43.4 Å². The van der Waals surface area contributed by atoms with Crippen molar-refractivity contribution in [3.63, 3.8) is 0 Å². The van der Waals surface area contributed by atoms with E-state index in [4.69, 9.17) is 33.5 Å². The van der Waals surface area contributed by atoms with E-state index in [1.165, 1.54) is 82.4 Å². The third kappa shape index (κ3) is 117. The van der Waals surface area contributed by atoms with Crippen LogP contribution in [-0.2, 0) is 19.1 Å². The molecule has 0 aliphatic heterocycles. The zero-order chi connectivity index (χ0) is 52.0. The molecular weight excluding hydrogens is 1060 g/mol. The number of alkyl halides is 8. The van der Waals surface area contributed by atoms with Crippen molar-refractivity contribution in [2.45, 2.75) is 227 Å². The molecule has 0 aromatic rings. The highest BCUT2D eigenvalue weighted by molar-refractivity contribution is 9.09. The van der Waals surface area contributed by atoms with E-state index in [1.807, 2.05) is 12.2 Å². The summed E-state index contributed by atoms with van der Waals surface area (Å²) in [6.07, 6.45) is 20.5. The lowest BCUT2D eigenvalue weighted by molar-refractivity contribution is -0.280. The van der Waals surface area contributed by atoms with Crippen LogP contribution in [0.3, 0.4) is 0 Å². The Bertz CT molecular complexity index is 928. The molecule has 0 aromatic heterocycles. The average Bonchev–Trinajstić information content (AvgIpc) is 3.26. The van der Waals surface area contributed by atoms with Gasteiger partial charge in [-0.3, -0.25) is 19.4 Å². The lowest BCUT2D eigenvalue weighted by atomic mass is 10.2. The first-order valence-electron chi connectivity index (χ1n) is 24.2. The summed E-state index contributed by atoms with van der Waals surface area (Å²) in [4.78, 5) is 36.2. The van der Waals surface area contributed by atoms with E-state index in [0.717, 1.165) is 102 Å². The van der Waals surface area contributed by atoms with Crippen LogP contribution in [0.1, 0.15) is 214 Å². The van der Waals surface area contributed by atoms with E-state index in [1.54, 1.807) is 0 Å². The van der Waals surface area contributed by atoms with Crippen molar-refractivity contribution in [2.24, 2.45) is 16.5 Å². The number of nitrogens with two attached hydrogens (primary N) is 2. The van der Waals surface area contributed by atoms with Crippen molar-refractivity contribution in [3.8, 4) is 0 Å². The highest BCUT2D eigenvalue weighted by Gasteiger charge is 2.38. The highest BCUT2D eigenvalue weighted by Crippen LogP contribution is 2.15. The number of rotatable bonds is 34. The number of carbonyl (C=O) groups excluding carboxylic acids is 1. The number of carboxylic acids is 2. The lowest BCUT2D eigenvalue weighted by Crippen LogP contribution is -2.37. The summed E-state index contributed by atoms with van der Waals surface area (Å²) in [6, 6.07) is 0. The number of carboxylic acid groups (broad SMARTS) is 2. The second-order valence-electron chi connectivity index (χ2n) is 14.9. The number of hydrogen-bond donors (Lipinski definition) is 6. The summed E-state index contributed by atoms with van der Waals surface area (Å²) in [5.41, 5.74) is 10.5. The number of nitrogens with one attached hydrogen (secondary N) is 2. The first-order chi connectivity index (χ1) is 31.3. The van der Waals surface area contributed by atoms with E-state index in [9.17, 15) is 40.7 Å². The number of amides is 1. The average molecular weight is 1160 g/mol. The summed E-state index contributed by atoms with van der Waals surface area (Å²) in [5, 5.41) is 20.4. The van der Waals surface area contributed by atoms with E-state index in [2.05, 4.69) is 74.1 Å². The van der Waals surface area contributed by atoms with Crippen LogP contribution in [0.2, 0.25) is 0 Å². The maximum absolute atomic E-state index is 11.6. The maximum Gasteiger partial charge on any atom is 0.573 e. The maximum atomic E-state index is 11.6. The zero-order valence-electron chi connectivity index (χ0n) is 41.8. The smallest absolute Gasteiger partial charge is 0.481 e. The van der Waals surface area contributed by atoms with Gasteiger partial charge in [-0.05, 0) is 82.7 Å². The van der Waals surface area contributed by atoms with Gasteiger partial charge in [0, 0.05) is 43.1 Å². The van der Waals surface area contributed by atoms with Gasteiger partial charge in [0.1, 0.15) is 0 Å². The molecule has 0 saturated heterocycles. The van der Waals surface area contributed by atoms with Gasteiger partial charge in [0.2, 0.25) is 0 Å². The largest absolute Gasteiger partial charge is 0.573 e. The Balaban J connectivity index is -0.000000102. The molecule has 21 heteroatoms. The SMILES string of the molecule is CCCCCCBr.CCCCCCN.CCCCCCN=COC(F)(F)F.CCCCCCNC(=O)C(F)(F)F.CCCCCCNCl.Cl.NCCCCCC(=O)O.O=C(O)CCCCCBr. The van der Waals surface area contributed by atoms with Gasteiger partial charge in [0.25, 0.3) is 0 Å². The lowest BCUT2D eigenvalue weighted by Gasteiger charge is -2.06. The Labute approximate surface area is 430 Å². The first-order valence-corrected chi connectivity index (χ1v) is 26.8. The Morgan fingerprint density at radius 2 is 0.910 bits per heavy atom. The first kappa shape index (κ1) is 82.8. The molecule has 0 saturated carbocycles. The Kier molecular flexibility index (Phi) is 91.2. The van der Waals surface area contributed by atoms with Crippen LogP contribution < -0.4 is 21.6 Å². The number of nitrogens with zero attached hydrogens (tertiary/aromatic N) is 1. The molecule has 0 radical (unpaired) electrons. The molecule has 410 valence electrons. The number of aliphatic imine (C=N–C) groups is 1. The van der Waals surface area contributed by atoms with Crippen LogP contribution in [0.5, 0.6) is 0 Å². The quantitative estimate of drug-likeness (QED) is 0.00910. The second kappa shape index (κ2) is 73.8. The molecule has 0 aliphatic rings. The Hall–Kier alpha value is -1.12. The molecule has 0 unspecified atom stereocenters. The minimum atomic E-state index is -4.75. The van der Waals surface area contributed by atoms with Gasteiger partial charge < -0.3 is 31.7 Å². The van der Waals surface area contributed by atoms with Crippen molar-refractivity contribution < 1.29 is 55.7 Å². The van der Waals surface area contributed by atoms with Crippen LogP contribution in [0.15, 0.2) is 4.99 Å². The van der Waals surface area contributed by atoms with Gasteiger partial charge in [-0.15, -0.1) is 25.6 Å². The predicted molar refractivity (Wildman–Crippen MR) is 279 cm³/mol. The van der Waals surface area contributed by atoms with Crippen LogP contribution in [0.25, 0.3) is 0 Å². The molecule has 0 fully saturated rings. The molecule has 0 aliphatic carbocycles. The third-order valence-electron chi connectivity index (χ3n) is 8.26. The molecular formula is C46H95Br2Cl2F6N5O6. The highest BCUT2D eigenvalue weighted by atomic mass is 79.9. The second-order valence-corrected chi connectivity index (χ2v) is 16.7. The third-order valence-corrected chi connectivity index (χ3v) is 9.57. The van der Waals surface area contributed by atoms with Gasteiger partial charge in [0.05, 0.1) is 0 Å². The minimum Gasteiger partial charge on any atom is -0.481 e. The van der Waals surface area contributed by atoms with Crippen LogP contribution >= 0.6 is 56.0 Å². The van der Waals surface area contributed by atoms with Gasteiger partial charge >= 0.3 is 30.4 Å². The van der Waals surface area contributed by atoms with Crippen molar-refractivity contribution in [3.05, 3.63) is 0 Å². The molecule has 0 atom stereocenters. The van der Waals surface area contributed by atoms with Gasteiger partial charge in [-0.2, -0.15) is 13.2 Å². The normalized spacial score (nSPS) is 10.3. The van der Waals surface area contributed by atoms with Gasteiger partial charge in [0.15, 0.2) is 6.40 Å². The fraction of sp³-hybridized carbons (Fsp3) is 0.913. The molecule has 67 heavy (non-hydrogen) atoms. The molecule has 11 nitrogen and oxygen atoms in total. The van der Waals surface area contributed by atoms with Gasteiger partial charge in [-0.1, -0.05) is 176 Å². The fourth-order valence-electron chi connectivity index (χ4n) is 4.49. The van der Waals surface area contributed by atoms with Crippen molar-refractivity contribution in [1.29, 1.82) is 0 Å². The molecule has 0 rings (SSSR count). The molecule has 0 heterocycles. The number of halogens is 10. The Morgan fingerprint density at radius 1 is 0.567 bits per heavy atom.